The molecule has 2 N–H and O–H groups in total. The maximum Gasteiger partial charge on any atom is 0.243 e. The smallest absolute Gasteiger partial charge is 0.243 e. The molecule has 5 nitrogen and oxygen atoms in total. The summed E-state index contributed by atoms with van der Waals surface area (Å²) in [6.07, 6.45) is 3.95. The first-order chi connectivity index (χ1) is 9.15. The van der Waals surface area contributed by atoms with Crippen LogP contribution in [-0.4, -0.2) is 49.4 Å². The molecule has 1 heterocycles. The van der Waals surface area contributed by atoms with Gasteiger partial charge in [0.15, 0.2) is 0 Å². The fraction of sp³-hybridized carbons (Fsp3) is 0.857. The van der Waals surface area contributed by atoms with Gasteiger partial charge in [-0.25, -0.2) is 0 Å². The molecule has 0 aliphatic carbocycles. The lowest BCUT2D eigenvalue weighted by molar-refractivity contribution is -0.144. The second-order valence-corrected chi connectivity index (χ2v) is 5.11. The molecule has 1 aliphatic heterocycles. The van der Waals surface area contributed by atoms with Gasteiger partial charge < -0.3 is 15.5 Å². The Balaban J connectivity index is 2.72. The zero-order chi connectivity index (χ0) is 14.3. The van der Waals surface area contributed by atoms with Gasteiger partial charge in [0.2, 0.25) is 11.8 Å². The van der Waals surface area contributed by atoms with Crippen molar-refractivity contribution in [1.29, 1.82) is 0 Å². The Bertz CT molecular complexity index is 307. The minimum atomic E-state index is -0.359. The van der Waals surface area contributed by atoms with E-state index in [4.69, 9.17) is 0 Å². The Morgan fingerprint density at radius 3 is 2.74 bits per heavy atom. The molecule has 1 saturated heterocycles. The highest BCUT2D eigenvalue weighted by Gasteiger charge is 2.34. The van der Waals surface area contributed by atoms with E-state index in [1.165, 1.54) is 0 Å². The van der Waals surface area contributed by atoms with E-state index in [0.29, 0.717) is 13.1 Å². The lowest BCUT2D eigenvalue weighted by atomic mass is 9.96. The second kappa shape index (κ2) is 8.15. The van der Waals surface area contributed by atoms with Gasteiger partial charge in [-0.15, -0.1) is 0 Å². The molecule has 0 bridgehead atoms. The number of rotatable bonds is 6. The number of unbranched alkanes of at least 4 members (excludes halogenated alkanes) is 1. The zero-order valence-electron chi connectivity index (χ0n) is 12.4. The van der Waals surface area contributed by atoms with Gasteiger partial charge in [-0.2, -0.15) is 0 Å². The Hall–Kier alpha value is -1.10. The van der Waals surface area contributed by atoms with Crippen LogP contribution in [0, 0.1) is 5.92 Å². The van der Waals surface area contributed by atoms with Gasteiger partial charge in [-0.1, -0.05) is 26.7 Å². The van der Waals surface area contributed by atoms with Crippen LogP contribution in [0.1, 0.15) is 39.5 Å². The van der Waals surface area contributed by atoms with E-state index >= 15 is 0 Å². The Morgan fingerprint density at radius 1 is 1.42 bits per heavy atom. The van der Waals surface area contributed by atoms with E-state index in [-0.39, 0.29) is 23.8 Å². The quantitative estimate of drug-likeness (QED) is 0.748. The third kappa shape index (κ3) is 4.20. The maximum atomic E-state index is 12.6. The molecule has 1 aliphatic rings. The lowest BCUT2D eigenvalue weighted by Crippen LogP contribution is -2.60. The fourth-order valence-corrected chi connectivity index (χ4v) is 2.56. The van der Waals surface area contributed by atoms with Gasteiger partial charge >= 0.3 is 0 Å². The zero-order valence-corrected chi connectivity index (χ0v) is 12.4. The Labute approximate surface area is 116 Å². The molecular formula is C14H27N3O2. The maximum absolute atomic E-state index is 12.6. The van der Waals surface area contributed by atoms with E-state index in [1.807, 2.05) is 0 Å². The van der Waals surface area contributed by atoms with E-state index in [2.05, 4.69) is 24.5 Å². The summed E-state index contributed by atoms with van der Waals surface area (Å²) in [5, 5.41) is 5.83. The first kappa shape index (κ1) is 16.0. The van der Waals surface area contributed by atoms with Crippen LogP contribution in [0.4, 0.5) is 0 Å². The third-order valence-corrected chi connectivity index (χ3v) is 3.82. The van der Waals surface area contributed by atoms with Gasteiger partial charge in [-0.3, -0.25) is 9.59 Å². The molecule has 0 radical (unpaired) electrons. The minimum Gasteiger partial charge on any atom is -0.357 e. The van der Waals surface area contributed by atoms with E-state index in [1.54, 1.807) is 11.9 Å². The molecule has 0 saturated carbocycles. The van der Waals surface area contributed by atoms with Crippen molar-refractivity contribution >= 4 is 11.8 Å². The summed E-state index contributed by atoms with van der Waals surface area (Å²) in [6, 6.07) is -0.359. The molecule has 0 spiro atoms. The molecule has 19 heavy (non-hydrogen) atoms. The minimum absolute atomic E-state index is 0.0604. The summed E-state index contributed by atoms with van der Waals surface area (Å²) in [4.78, 5) is 26.2. The molecule has 2 atom stereocenters. The van der Waals surface area contributed by atoms with Crippen LogP contribution in [0.2, 0.25) is 0 Å². The third-order valence-electron chi connectivity index (χ3n) is 3.82. The molecule has 0 aromatic heterocycles. The molecule has 2 unspecified atom stereocenters. The Kier molecular flexibility index (Phi) is 6.84. The molecule has 1 fully saturated rings. The van der Waals surface area contributed by atoms with Crippen LogP contribution < -0.4 is 10.6 Å². The lowest BCUT2D eigenvalue weighted by Gasteiger charge is -2.37. The van der Waals surface area contributed by atoms with Crippen molar-refractivity contribution in [2.24, 2.45) is 5.92 Å². The second-order valence-electron chi connectivity index (χ2n) is 5.11. The SMILES string of the molecule is CCCCC(CC)C(=O)N1CCNCC1C(=O)NC. The number of likely N-dealkylation sites (N-methyl/N-ethyl adjacent to an activating group) is 1. The number of hydrogen-bond donors (Lipinski definition) is 2. The summed E-state index contributed by atoms with van der Waals surface area (Å²) in [7, 11) is 1.62. The first-order valence-electron chi connectivity index (χ1n) is 7.38. The monoisotopic (exact) mass is 269 g/mol. The van der Waals surface area contributed by atoms with E-state index in [9.17, 15) is 9.59 Å². The largest absolute Gasteiger partial charge is 0.357 e. The van der Waals surface area contributed by atoms with Crippen LogP contribution in [0.3, 0.4) is 0 Å². The van der Waals surface area contributed by atoms with Crippen molar-refractivity contribution in [2.75, 3.05) is 26.7 Å². The fourth-order valence-electron chi connectivity index (χ4n) is 2.56. The highest BCUT2D eigenvalue weighted by Crippen LogP contribution is 2.18. The van der Waals surface area contributed by atoms with Gasteiger partial charge in [0.1, 0.15) is 6.04 Å². The van der Waals surface area contributed by atoms with Crippen LogP contribution in [0.15, 0.2) is 0 Å². The topological polar surface area (TPSA) is 61.4 Å². The predicted molar refractivity (Wildman–Crippen MR) is 75.7 cm³/mol. The molecule has 2 amide bonds. The summed E-state index contributed by atoms with van der Waals surface area (Å²) >= 11 is 0. The van der Waals surface area contributed by atoms with Crippen molar-refractivity contribution < 1.29 is 9.59 Å². The molecule has 5 heteroatoms. The summed E-state index contributed by atoms with van der Waals surface area (Å²) in [5.74, 6) is 0.127. The standard InChI is InChI=1S/C14H27N3O2/c1-4-6-7-11(5-2)14(19)17-9-8-16-10-12(17)13(18)15-3/h11-12,16H,4-10H2,1-3H3,(H,15,18). The van der Waals surface area contributed by atoms with Crippen molar-refractivity contribution in [1.82, 2.24) is 15.5 Å². The van der Waals surface area contributed by atoms with Crippen molar-refractivity contribution in [3.8, 4) is 0 Å². The number of piperazine rings is 1. The van der Waals surface area contributed by atoms with Gasteiger partial charge in [0, 0.05) is 32.6 Å². The number of carbonyl (C=O) groups excluding carboxylic acids is 2. The summed E-state index contributed by atoms with van der Waals surface area (Å²) in [5.41, 5.74) is 0. The van der Waals surface area contributed by atoms with Crippen LogP contribution in [0.25, 0.3) is 0 Å². The van der Waals surface area contributed by atoms with Crippen LogP contribution in [-0.2, 0) is 9.59 Å². The predicted octanol–water partition coefficient (Wildman–Crippen LogP) is 0.749. The number of amides is 2. The molecule has 0 aromatic rings. The Morgan fingerprint density at radius 2 is 2.16 bits per heavy atom. The number of hydrogen-bond acceptors (Lipinski definition) is 3. The summed E-state index contributed by atoms with van der Waals surface area (Å²) in [6.45, 7) is 6.13. The number of carbonyl (C=O) groups is 2. The average Bonchev–Trinajstić information content (AvgIpc) is 2.47. The molecule has 1 rings (SSSR count). The van der Waals surface area contributed by atoms with Crippen molar-refractivity contribution in [3.63, 3.8) is 0 Å². The van der Waals surface area contributed by atoms with Crippen LogP contribution in [0.5, 0.6) is 0 Å². The van der Waals surface area contributed by atoms with E-state index < -0.39 is 0 Å². The highest BCUT2D eigenvalue weighted by molar-refractivity contribution is 5.88. The molecule has 110 valence electrons. The number of nitrogens with zero attached hydrogens (tertiary/aromatic N) is 1. The van der Waals surface area contributed by atoms with Gasteiger partial charge in [-0.05, 0) is 12.8 Å². The molecule has 0 aromatic carbocycles. The van der Waals surface area contributed by atoms with Gasteiger partial charge in [0.25, 0.3) is 0 Å². The summed E-state index contributed by atoms with van der Waals surface area (Å²) < 4.78 is 0. The molecular weight excluding hydrogens is 242 g/mol. The first-order valence-corrected chi connectivity index (χ1v) is 7.38. The van der Waals surface area contributed by atoms with Crippen molar-refractivity contribution in [2.45, 2.75) is 45.6 Å². The van der Waals surface area contributed by atoms with Crippen molar-refractivity contribution in [3.05, 3.63) is 0 Å². The van der Waals surface area contributed by atoms with Crippen LogP contribution >= 0.6 is 0 Å². The normalized spacial score (nSPS) is 21.0. The average molecular weight is 269 g/mol. The number of nitrogens with one attached hydrogen (secondary N) is 2. The highest BCUT2D eigenvalue weighted by atomic mass is 16.2. The van der Waals surface area contributed by atoms with E-state index in [0.717, 1.165) is 32.2 Å². The van der Waals surface area contributed by atoms with Gasteiger partial charge in [0.05, 0.1) is 0 Å².